The molecule has 2 aromatic rings. The van der Waals surface area contributed by atoms with Gasteiger partial charge in [0.1, 0.15) is 18.1 Å². The predicted octanol–water partition coefficient (Wildman–Crippen LogP) is 2.76. The highest BCUT2D eigenvalue weighted by atomic mass is 32.2. The van der Waals surface area contributed by atoms with Crippen LogP contribution in [0.5, 0.6) is 11.5 Å². The Bertz CT molecular complexity index is 742. The highest BCUT2D eigenvalue weighted by Crippen LogP contribution is 2.13. The molecule has 0 atom stereocenters. The summed E-state index contributed by atoms with van der Waals surface area (Å²) in [6.07, 6.45) is 0.961. The van der Waals surface area contributed by atoms with Crippen LogP contribution in [0.2, 0.25) is 0 Å². The van der Waals surface area contributed by atoms with E-state index in [1.807, 2.05) is 42.5 Å². The SMILES string of the molecule is CCc1ccc(OCCS(=O)(=O)NCc2cccc(OC)c2)cc1. The number of aryl methyl sites for hydroxylation is 1. The van der Waals surface area contributed by atoms with Crippen LogP contribution in [0.3, 0.4) is 0 Å². The van der Waals surface area contributed by atoms with Crippen molar-refractivity contribution in [3.05, 3.63) is 59.7 Å². The summed E-state index contributed by atoms with van der Waals surface area (Å²) in [5.74, 6) is 1.28. The summed E-state index contributed by atoms with van der Waals surface area (Å²) in [7, 11) is -1.82. The first kappa shape index (κ1) is 18.3. The van der Waals surface area contributed by atoms with Crippen LogP contribution < -0.4 is 14.2 Å². The molecule has 0 aliphatic heterocycles. The minimum Gasteiger partial charge on any atom is -0.497 e. The van der Waals surface area contributed by atoms with Gasteiger partial charge in [0.25, 0.3) is 0 Å². The third-order valence-electron chi connectivity index (χ3n) is 3.58. The van der Waals surface area contributed by atoms with Gasteiger partial charge in [0.05, 0.1) is 12.9 Å². The molecule has 0 saturated carbocycles. The quantitative estimate of drug-likeness (QED) is 0.756. The maximum Gasteiger partial charge on any atom is 0.215 e. The van der Waals surface area contributed by atoms with E-state index in [-0.39, 0.29) is 18.9 Å². The Labute approximate surface area is 143 Å². The van der Waals surface area contributed by atoms with E-state index in [0.29, 0.717) is 11.5 Å². The lowest BCUT2D eigenvalue weighted by Crippen LogP contribution is -2.28. The van der Waals surface area contributed by atoms with E-state index in [2.05, 4.69) is 11.6 Å². The van der Waals surface area contributed by atoms with Crippen LogP contribution in [-0.2, 0) is 23.0 Å². The molecule has 0 heterocycles. The summed E-state index contributed by atoms with van der Waals surface area (Å²) >= 11 is 0. The Morgan fingerprint density at radius 1 is 1.00 bits per heavy atom. The summed E-state index contributed by atoms with van der Waals surface area (Å²) in [5.41, 5.74) is 2.06. The van der Waals surface area contributed by atoms with Crippen molar-refractivity contribution < 1.29 is 17.9 Å². The van der Waals surface area contributed by atoms with Crippen LogP contribution in [-0.4, -0.2) is 27.9 Å². The highest BCUT2D eigenvalue weighted by Gasteiger charge is 2.10. The number of hydrogen-bond acceptors (Lipinski definition) is 4. The van der Waals surface area contributed by atoms with Crippen LogP contribution in [0.25, 0.3) is 0 Å². The molecule has 130 valence electrons. The maximum absolute atomic E-state index is 12.0. The van der Waals surface area contributed by atoms with E-state index in [9.17, 15) is 8.42 Å². The van der Waals surface area contributed by atoms with Crippen molar-refractivity contribution in [1.82, 2.24) is 4.72 Å². The van der Waals surface area contributed by atoms with Gasteiger partial charge in [-0.15, -0.1) is 0 Å². The normalized spacial score (nSPS) is 11.2. The van der Waals surface area contributed by atoms with E-state index in [1.54, 1.807) is 13.2 Å². The second kappa shape index (κ2) is 8.70. The molecular formula is C18H23NO4S. The van der Waals surface area contributed by atoms with Gasteiger partial charge in [0.2, 0.25) is 10.0 Å². The standard InChI is InChI=1S/C18H23NO4S/c1-3-15-7-9-17(10-8-15)23-11-12-24(20,21)19-14-16-5-4-6-18(13-16)22-2/h4-10,13,19H,3,11-12,14H2,1-2H3. The Kier molecular flexibility index (Phi) is 6.63. The van der Waals surface area contributed by atoms with Gasteiger partial charge in [-0.3, -0.25) is 0 Å². The Morgan fingerprint density at radius 2 is 1.75 bits per heavy atom. The topological polar surface area (TPSA) is 64.6 Å². The summed E-state index contributed by atoms with van der Waals surface area (Å²) in [4.78, 5) is 0. The van der Waals surface area contributed by atoms with Crippen molar-refractivity contribution in [1.29, 1.82) is 0 Å². The molecule has 2 aromatic carbocycles. The Morgan fingerprint density at radius 3 is 2.42 bits per heavy atom. The zero-order valence-corrected chi connectivity index (χ0v) is 14.8. The molecular weight excluding hydrogens is 326 g/mol. The third-order valence-corrected chi connectivity index (χ3v) is 4.87. The van der Waals surface area contributed by atoms with Crippen molar-refractivity contribution in [2.75, 3.05) is 19.5 Å². The summed E-state index contributed by atoms with van der Waals surface area (Å²) in [6.45, 7) is 2.42. The van der Waals surface area contributed by atoms with Gasteiger partial charge >= 0.3 is 0 Å². The van der Waals surface area contributed by atoms with E-state index in [1.165, 1.54) is 5.56 Å². The van der Waals surface area contributed by atoms with Crippen molar-refractivity contribution >= 4 is 10.0 Å². The Balaban J connectivity index is 1.80. The molecule has 0 fully saturated rings. The van der Waals surface area contributed by atoms with E-state index < -0.39 is 10.0 Å². The Hall–Kier alpha value is -2.05. The summed E-state index contributed by atoms with van der Waals surface area (Å²) < 4.78 is 37.2. The number of rotatable bonds is 9. The van der Waals surface area contributed by atoms with E-state index in [4.69, 9.17) is 9.47 Å². The van der Waals surface area contributed by atoms with Gasteiger partial charge in [-0.1, -0.05) is 31.2 Å². The lowest BCUT2D eigenvalue weighted by atomic mass is 10.2. The van der Waals surface area contributed by atoms with Crippen LogP contribution in [0.15, 0.2) is 48.5 Å². The third kappa shape index (κ3) is 5.86. The van der Waals surface area contributed by atoms with Crippen molar-refractivity contribution in [2.24, 2.45) is 0 Å². The van der Waals surface area contributed by atoms with E-state index in [0.717, 1.165) is 12.0 Å². The fourth-order valence-corrected chi connectivity index (χ4v) is 2.97. The number of sulfonamides is 1. The second-order valence-electron chi connectivity index (χ2n) is 5.34. The summed E-state index contributed by atoms with van der Waals surface area (Å²) in [6, 6.07) is 15.0. The molecule has 0 aliphatic carbocycles. The van der Waals surface area contributed by atoms with Crippen molar-refractivity contribution in [3.63, 3.8) is 0 Å². The average Bonchev–Trinajstić information content (AvgIpc) is 2.61. The number of ether oxygens (including phenoxy) is 2. The molecule has 24 heavy (non-hydrogen) atoms. The van der Waals surface area contributed by atoms with Crippen molar-refractivity contribution in [3.8, 4) is 11.5 Å². The highest BCUT2D eigenvalue weighted by molar-refractivity contribution is 7.89. The number of nitrogens with one attached hydrogen (secondary N) is 1. The van der Waals surface area contributed by atoms with E-state index >= 15 is 0 Å². The van der Waals surface area contributed by atoms with Crippen LogP contribution in [0, 0.1) is 0 Å². The first-order chi connectivity index (χ1) is 11.5. The van der Waals surface area contributed by atoms with Gasteiger partial charge in [-0.2, -0.15) is 0 Å². The minimum atomic E-state index is -3.40. The zero-order valence-electron chi connectivity index (χ0n) is 14.0. The first-order valence-corrected chi connectivity index (χ1v) is 9.49. The molecule has 5 nitrogen and oxygen atoms in total. The molecule has 0 saturated heterocycles. The number of methoxy groups -OCH3 is 1. The molecule has 0 spiro atoms. The lowest BCUT2D eigenvalue weighted by Gasteiger charge is -2.09. The molecule has 0 aromatic heterocycles. The predicted molar refractivity (Wildman–Crippen MR) is 94.9 cm³/mol. The van der Waals surface area contributed by atoms with Crippen molar-refractivity contribution in [2.45, 2.75) is 19.9 Å². The molecule has 1 N–H and O–H groups in total. The molecule has 0 radical (unpaired) electrons. The molecule has 6 heteroatoms. The van der Waals surface area contributed by atoms with Crippen LogP contribution in [0.1, 0.15) is 18.1 Å². The molecule has 2 rings (SSSR count). The largest absolute Gasteiger partial charge is 0.497 e. The minimum absolute atomic E-state index is 0.0908. The second-order valence-corrected chi connectivity index (χ2v) is 7.26. The van der Waals surface area contributed by atoms with Gasteiger partial charge in [-0.25, -0.2) is 13.1 Å². The smallest absolute Gasteiger partial charge is 0.215 e. The van der Waals surface area contributed by atoms with Crippen LogP contribution >= 0.6 is 0 Å². The fraction of sp³-hybridized carbons (Fsp3) is 0.333. The monoisotopic (exact) mass is 349 g/mol. The molecule has 0 aliphatic rings. The van der Waals surface area contributed by atoms with Gasteiger partial charge in [0, 0.05) is 6.54 Å². The molecule has 0 unspecified atom stereocenters. The van der Waals surface area contributed by atoms with Gasteiger partial charge in [-0.05, 0) is 41.8 Å². The van der Waals surface area contributed by atoms with Gasteiger partial charge < -0.3 is 9.47 Å². The summed E-state index contributed by atoms with van der Waals surface area (Å²) in [5, 5.41) is 0. The van der Waals surface area contributed by atoms with Gasteiger partial charge in [0.15, 0.2) is 0 Å². The van der Waals surface area contributed by atoms with Crippen LogP contribution in [0.4, 0.5) is 0 Å². The molecule has 0 amide bonds. The number of benzene rings is 2. The lowest BCUT2D eigenvalue weighted by molar-refractivity contribution is 0.340. The average molecular weight is 349 g/mol. The maximum atomic E-state index is 12.0. The first-order valence-electron chi connectivity index (χ1n) is 7.84. The molecule has 0 bridgehead atoms. The number of hydrogen-bond donors (Lipinski definition) is 1. The fourth-order valence-electron chi connectivity index (χ4n) is 2.14. The zero-order chi connectivity index (χ0) is 17.4.